The van der Waals surface area contributed by atoms with Crippen LogP contribution in [0.1, 0.15) is 55.8 Å². The first kappa shape index (κ1) is 16.0. The van der Waals surface area contributed by atoms with E-state index >= 15 is 0 Å². The smallest absolute Gasteiger partial charge is 0.252 e. The summed E-state index contributed by atoms with van der Waals surface area (Å²) in [6, 6.07) is 2.16. The Morgan fingerprint density at radius 2 is 2.05 bits per heavy atom. The molecule has 2 N–H and O–H groups in total. The highest BCUT2D eigenvalue weighted by Crippen LogP contribution is 2.23. The van der Waals surface area contributed by atoms with Gasteiger partial charge in [0.15, 0.2) is 0 Å². The van der Waals surface area contributed by atoms with Gasteiger partial charge in [-0.2, -0.15) is 11.3 Å². The summed E-state index contributed by atoms with van der Waals surface area (Å²) < 4.78 is 0. The molecule has 0 radical (unpaired) electrons. The number of hydrogen-bond acceptors (Lipinski definition) is 3. The van der Waals surface area contributed by atoms with Gasteiger partial charge in [0.2, 0.25) is 5.91 Å². The highest BCUT2D eigenvalue weighted by Gasteiger charge is 2.19. The van der Waals surface area contributed by atoms with E-state index in [4.69, 9.17) is 0 Å². The van der Waals surface area contributed by atoms with Crippen LogP contribution in [0.5, 0.6) is 0 Å². The molecule has 1 fully saturated rings. The number of nitrogens with one attached hydrogen (secondary N) is 2. The average molecular weight is 308 g/mol. The Hall–Kier alpha value is -1.36. The molecule has 5 heteroatoms. The fourth-order valence-corrected chi connectivity index (χ4v) is 3.29. The van der Waals surface area contributed by atoms with E-state index in [-0.39, 0.29) is 11.8 Å². The molecule has 1 aromatic heterocycles. The predicted molar refractivity (Wildman–Crippen MR) is 85.4 cm³/mol. The van der Waals surface area contributed by atoms with E-state index in [1.807, 2.05) is 10.8 Å². The molecule has 4 nitrogen and oxygen atoms in total. The molecule has 1 saturated carbocycles. The van der Waals surface area contributed by atoms with E-state index in [9.17, 15) is 9.59 Å². The zero-order valence-electron chi connectivity index (χ0n) is 12.6. The molecular formula is C16H24N2O2S. The van der Waals surface area contributed by atoms with Gasteiger partial charge in [-0.15, -0.1) is 0 Å². The Labute approximate surface area is 130 Å². The molecule has 21 heavy (non-hydrogen) atoms. The zero-order chi connectivity index (χ0) is 15.1. The third kappa shape index (κ3) is 5.50. The van der Waals surface area contributed by atoms with Gasteiger partial charge in [-0.25, -0.2) is 0 Å². The molecule has 0 aromatic carbocycles. The second-order valence-electron chi connectivity index (χ2n) is 5.90. The van der Waals surface area contributed by atoms with Crippen LogP contribution in [0.2, 0.25) is 0 Å². The molecule has 0 atom stereocenters. The Balaban J connectivity index is 1.56. The molecule has 2 amide bonds. The van der Waals surface area contributed by atoms with E-state index in [1.54, 1.807) is 6.07 Å². The molecule has 0 spiro atoms. The molecule has 0 aliphatic heterocycles. The maximum Gasteiger partial charge on any atom is 0.252 e. The van der Waals surface area contributed by atoms with Gasteiger partial charge in [-0.05, 0) is 49.5 Å². The first-order valence-corrected chi connectivity index (χ1v) is 8.69. The Bertz CT molecular complexity index is 451. The van der Waals surface area contributed by atoms with Crippen molar-refractivity contribution in [3.63, 3.8) is 0 Å². The largest absolute Gasteiger partial charge is 0.353 e. The van der Waals surface area contributed by atoms with Crippen molar-refractivity contribution in [1.29, 1.82) is 0 Å². The van der Waals surface area contributed by atoms with Crippen molar-refractivity contribution < 1.29 is 9.59 Å². The third-order valence-corrected chi connectivity index (χ3v) is 4.71. The van der Waals surface area contributed by atoms with Crippen LogP contribution >= 0.6 is 11.3 Å². The summed E-state index contributed by atoms with van der Waals surface area (Å²) in [5, 5.41) is 9.65. The summed E-state index contributed by atoms with van der Waals surface area (Å²) >= 11 is 1.51. The van der Waals surface area contributed by atoms with Crippen LogP contribution < -0.4 is 10.6 Å². The van der Waals surface area contributed by atoms with Gasteiger partial charge in [0.1, 0.15) is 0 Å². The summed E-state index contributed by atoms with van der Waals surface area (Å²) in [7, 11) is 0. The zero-order valence-corrected chi connectivity index (χ0v) is 13.4. The van der Waals surface area contributed by atoms with Gasteiger partial charge in [0.05, 0.1) is 0 Å². The van der Waals surface area contributed by atoms with Crippen LogP contribution in [0, 0.1) is 5.92 Å². The van der Waals surface area contributed by atoms with Crippen molar-refractivity contribution in [1.82, 2.24) is 10.6 Å². The van der Waals surface area contributed by atoms with Crippen molar-refractivity contribution in [2.75, 3.05) is 6.54 Å². The standard InChI is InChI=1S/C16H24N2O2S/c1-12-4-6-14(7-5-12)18-15(19)3-2-9-17-16(20)13-8-10-21-11-13/h8,10-12,14H,2-7,9H2,1H3,(H,17,20)(H,18,19). The van der Waals surface area contributed by atoms with Crippen LogP contribution in [-0.2, 0) is 4.79 Å². The number of amides is 2. The van der Waals surface area contributed by atoms with E-state index in [1.165, 1.54) is 24.2 Å². The first-order valence-electron chi connectivity index (χ1n) is 7.75. The Kier molecular flexibility index (Phi) is 6.23. The van der Waals surface area contributed by atoms with E-state index < -0.39 is 0 Å². The summed E-state index contributed by atoms with van der Waals surface area (Å²) in [4.78, 5) is 23.5. The lowest BCUT2D eigenvalue weighted by Gasteiger charge is -2.26. The maximum absolute atomic E-state index is 11.8. The van der Waals surface area contributed by atoms with E-state index in [0.29, 0.717) is 31.0 Å². The number of hydrogen-bond donors (Lipinski definition) is 2. The molecule has 1 heterocycles. The summed E-state index contributed by atoms with van der Waals surface area (Å²) in [6.07, 6.45) is 5.79. The number of thiophene rings is 1. The van der Waals surface area contributed by atoms with Crippen LogP contribution in [-0.4, -0.2) is 24.4 Å². The van der Waals surface area contributed by atoms with Crippen molar-refractivity contribution in [3.05, 3.63) is 22.4 Å². The number of carbonyl (C=O) groups excluding carboxylic acids is 2. The quantitative estimate of drug-likeness (QED) is 0.794. The molecule has 116 valence electrons. The van der Waals surface area contributed by atoms with Crippen molar-refractivity contribution in [2.45, 2.75) is 51.5 Å². The van der Waals surface area contributed by atoms with Crippen LogP contribution in [0.15, 0.2) is 16.8 Å². The van der Waals surface area contributed by atoms with Gasteiger partial charge in [-0.3, -0.25) is 9.59 Å². The molecule has 1 aliphatic rings. The summed E-state index contributed by atoms with van der Waals surface area (Å²) in [6.45, 7) is 2.82. The van der Waals surface area contributed by atoms with Gasteiger partial charge >= 0.3 is 0 Å². The van der Waals surface area contributed by atoms with Gasteiger partial charge in [0.25, 0.3) is 5.91 Å². The lowest BCUT2D eigenvalue weighted by molar-refractivity contribution is -0.122. The van der Waals surface area contributed by atoms with Gasteiger partial charge in [0, 0.05) is 30.0 Å². The molecular weight excluding hydrogens is 284 g/mol. The molecule has 1 aromatic rings. The van der Waals surface area contributed by atoms with Gasteiger partial charge in [-0.1, -0.05) is 6.92 Å². The lowest BCUT2D eigenvalue weighted by atomic mass is 9.87. The van der Waals surface area contributed by atoms with Crippen molar-refractivity contribution in [3.8, 4) is 0 Å². The summed E-state index contributed by atoms with van der Waals surface area (Å²) in [5.74, 6) is 0.850. The predicted octanol–water partition coefficient (Wildman–Crippen LogP) is 2.95. The second-order valence-corrected chi connectivity index (χ2v) is 6.68. The molecule has 0 unspecified atom stereocenters. The SMILES string of the molecule is CC1CCC(NC(=O)CCCNC(=O)c2ccsc2)CC1. The molecule has 0 saturated heterocycles. The minimum absolute atomic E-state index is 0.0575. The third-order valence-electron chi connectivity index (χ3n) is 4.03. The summed E-state index contributed by atoms with van der Waals surface area (Å²) in [5.41, 5.74) is 0.695. The molecule has 0 bridgehead atoms. The topological polar surface area (TPSA) is 58.2 Å². The maximum atomic E-state index is 11.8. The van der Waals surface area contributed by atoms with Crippen LogP contribution in [0.3, 0.4) is 0 Å². The minimum atomic E-state index is -0.0575. The van der Waals surface area contributed by atoms with E-state index in [0.717, 1.165) is 18.8 Å². The van der Waals surface area contributed by atoms with Crippen molar-refractivity contribution in [2.24, 2.45) is 5.92 Å². The highest BCUT2D eigenvalue weighted by atomic mass is 32.1. The van der Waals surface area contributed by atoms with Crippen LogP contribution in [0.4, 0.5) is 0 Å². The molecule has 2 rings (SSSR count). The van der Waals surface area contributed by atoms with Crippen LogP contribution in [0.25, 0.3) is 0 Å². The lowest BCUT2D eigenvalue weighted by Crippen LogP contribution is -2.37. The Morgan fingerprint density at radius 1 is 1.29 bits per heavy atom. The van der Waals surface area contributed by atoms with Gasteiger partial charge < -0.3 is 10.6 Å². The second kappa shape index (κ2) is 8.17. The first-order chi connectivity index (χ1) is 10.1. The number of rotatable bonds is 6. The highest BCUT2D eigenvalue weighted by molar-refractivity contribution is 7.08. The fourth-order valence-electron chi connectivity index (χ4n) is 2.65. The van der Waals surface area contributed by atoms with Crippen molar-refractivity contribution >= 4 is 23.2 Å². The molecule has 1 aliphatic carbocycles. The monoisotopic (exact) mass is 308 g/mol. The average Bonchev–Trinajstić information content (AvgIpc) is 3.00. The number of carbonyl (C=O) groups is 2. The Morgan fingerprint density at radius 3 is 2.71 bits per heavy atom. The normalized spacial score (nSPS) is 21.8. The minimum Gasteiger partial charge on any atom is -0.353 e. The van der Waals surface area contributed by atoms with E-state index in [2.05, 4.69) is 17.6 Å². The fraction of sp³-hybridized carbons (Fsp3) is 0.625.